The summed E-state index contributed by atoms with van der Waals surface area (Å²) < 4.78 is 11.2. The largest absolute Gasteiger partial charge is 0.486 e. The van der Waals surface area contributed by atoms with Crippen LogP contribution >= 0.6 is 0 Å². The van der Waals surface area contributed by atoms with Crippen molar-refractivity contribution >= 4 is 5.91 Å². The summed E-state index contributed by atoms with van der Waals surface area (Å²) in [5, 5.41) is 6.95. The molecule has 0 aliphatic heterocycles. The minimum absolute atomic E-state index is 0.164. The van der Waals surface area contributed by atoms with Gasteiger partial charge in [0.25, 0.3) is 5.91 Å². The first-order valence-corrected chi connectivity index (χ1v) is 10.3. The van der Waals surface area contributed by atoms with Gasteiger partial charge < -0.3 is 14.6 Å². The highest BCUT2D eigenvalue weighted by molar-refractivity contribution is 5.92. The van der Waals surface area contributed by atoms with E-state index in [0.717, 1.165) is 25.0 Å². The van der Waals surface area contributed by atoms with Gasteiger partial charge in [0, 0.05) is 18.0 Å². The SMILES string of the molecule is O=C(N[C@@H]1C[C@H]1c1ccccc1)c1cc(COc2ccc3c(c2)CCCC3)on1. The second-order valence-corrected chi connectivity index (χ2v) is 7.94. The lowest BCUT2D eigenvalue weighted by Crippen LogP contribution is -2.26. The Kier molecular flexibility index (Phi) is 4.80. The van der Waals surface area contributed by atoms with Gasteiger partial charge in [-0.3, -0.25) is 4.79 Å². The van der Waals surface area contributed by atoms with Crippen molar-refractivity contribution in [3.63, 3.8) is 0 Å². The van der Waals surface area contributed by atoms with Crippen molar-refractivity contribution in [2.45, 2.75) is 50.7 Å². The van der Waals surface area contributed by atoms with Crippen LogP contribution in [0.15, 0.2) is 59.1 Å². The maximum atomic E-state index is 12.4. The van der Waals surface area contributed by atoms with Crippen molar-refractivity contribution in [2.24, 2.45) is 0 Å². The Bertz CT molecular complexity index is 1010. The number of carbonyl (C=O) groups is 1. The zero-order chi connectivity index (χ0) is 19.6. The summed E-state index contributed by atoms with van der Waals surface area (Å²) in [5.74, 6) is 1.57. The van der Waals surface area contributed by atoms with Crippen LogP contribution in [0.3, 0.4) is 0 Å². The van der Waals surface area contributed by atoms with Crippen LogP contribution < -0.4 is 10.1 Å². The predicted octanol–water partition coefficient (Wildman–Crippen LogP) is 4.42. The number of hydrogen-bond donors (Lipinski definition) is 1. The molecule has 5 nitrogen and oxygen atoms in total. The molecule has 1 amide bonds. The van der Waals surface area contributed by atoms with Crippen LogP contribution in [0.5, 0.6) is 5.75 Å². The molecule has 3 aromatic rings. The van der Waals surface area contributed by atoms with Crippen molar-refractivity contribution in [3.05, 3.63) is 82.7 Å². The molecule has 0 radical (unpaired) electrons. The minimum atomic E-state index is -0.197. The topological polar surface area (TPSA) is 64.4 Å². The third-order valence-corrected chi connectivity index (χ3v) is 5.83. The van der Waals surface area contributed by atoms with Crippen molar-refractivity contribution in [1.82, 2.24) is 10.5 Å². The van der Waals surface area contributed by atoms with Gasteiger partial charge in [0.05, 0.1) is 0 Å². The lowest BCUT2D eigenvalue weighted by molar-refractivity contribution is 0.0941. The maximum absolute atomic E-state index is 12.4. The van der Waals surface area contributed by atoms with Crippen LogP contribution in [0.4, 0.5) is 0 Å². The second-order valence-electron chi connectivity index (χ2n) is 7.94. The van der Waals surface area contributed by atoms with E-state index in [1.807, 2.05) is 24.3 Å². The predicted molar refractivity (Wildman–Crippen MR) is 109 cm³/mol. The standard InChI is InChI=1S/C24H24N2O3/c27-24(25-22-14-21(22)17-7-2-1-3-8-17)23-13-20(29-26-23)15-28-19-11-10-16-6-4-5-9-18(16)12-19/h1-3,7-8,10-13,21-22H,4-6,9,14-15H2,(H,25,27)/t21-,22+/m0/s1. The highest BCUT2D eigenvalue weighted by Gasteiger charge is 2.39. The molecule has 5 rings (SSSR count). The molecular formula is C24H24N2O3. The molecule has 0 saturated heterocycles. The highest BCUT2D eigenvalue weighted by atomic mass is 16.5. The van der Waals surface area contributed by atoms with E-state index in [-0.39, 0.29) is 18.6 Å². The van der Waals surface area contributed by atoms with Gasteiger partial charge in [0.15, 0.2) is 11.5 Å². The minimum Gasteiger partial charge on any atom is -0.486 e. The van der Waals surface area contributed by atoms with Gasteiger partial charge in [0.2, 0.25) is 0 Å². The number of nitrogens with zero attached hydrogens (tertiary/aromatic N) is 1. The molecular weight excluding hydrogens is 364 g/mol. The van der Waals surface area contributed by atoms with E-state index in [1.54, 1.807) is 6.07 Å². The Morgan fingerprint density at radius 1 is 1.07 bits per heavy atom. The van der Waals surface area contributed by atoms with E-state index in [0.29, 0.717) is 17.4 Å². The molecule has 2 atom stereocenters. The van der Waals surface area contributed by atoms with Gasteiger partial charge in [-0.15, -0.1) is 0 Å². The summed E-state index contributed by atoms with van der Waals surface area (Å²) in [6.07, 6.45) is 5.74. The fourth-order valence-corrected chi connectivity index (χ4v) is 4.11. The summed E-state index contributed by atoms with van der Waals surface area (Å²) in [6, 6.07) is 18.4. The second kappa shape index (κ2) is 7.74. The zero-order valence-corrected chi connectivity index (χ0v) is 16.3. The normalized spacial score (nSPS) is 20.0. The zero-order valence-electron chi connectivity index (χ0n) is 16.3. The van der Waals surface area contributed by atoms with Crippen molar-refractivity contribution < 1.29 is 14.1 Å². The average Bonchev–Trinajstić information content (AvgIpc) is 3.36. The van der Waals surface area contributed by atoms with Crippen molar-refractivity contribution in [2.75, 3.05) is 0 Å². The van der Waals surface area contributed by atoms with Gasteiger partial charge in [-0.05, 0) is 60.9 Å². The first-order valence-electron chi connectivity index (χ1n) is 10.3. The van der Waals surface area contributed by atoms with Gasteiger partial charge in [-0.1, -0.05) is 41.6 Å². The Hall–Kier alpha value is -3.08. The van der Waals surface area contributed by atoms with Crippen LogP contribution in [-0.2, 0) is 19.4 Å². The molecule has 1 saturated carbocycles. The summed E-state index contributed by atoms with van der Waals surface area (Å²) in [6.45, 7) is 0.259. The Labute approximate surface area is 170 Å². The fraction of sp³-hybridized carbons (Fsp3) is 0.333. The molecule has 1 N–H and O–H groups in total. The van der Waals surface area contributed by atoms with E-state index in [1.165, 1.54) is 29.5 Å². The number of aryl methyl sites for hydroxylation is 2. The number of rotatable bonds is 6. The molecule has 0 spiro atoms. The van der Waals surface area contributed by atoms with E-state index < -0.39 is 0 Å². The van der Waals surface area contributed by atoms with Gasteiger partial charge in [0.1, 0.15) is 12.4 Å². The quantitative estimate of drug-likeness (QED) is 0.679. The first kappa shape index (κ1) is 18.0. The molecule has 2 aliphatic carbocycles. The average molecular weight is 388 g/mol. The third-order valence-electron chi connectivity index (χ3n) is 5.83. The first-order chi connectivity index (χ1) is 14.3. The van der Waals surface area contributed by atoms with E-state index in [2.05, 4.69) is 34.7 Å². The summed E-state index contributed by atoms with van der Waals surface area (Å²) in [7, 11) is 0. The van der Waals surface area contributed by atoms with Crippen LogP contribution in [0.2, 0.25) is 0 Å². The highest BCUT2D eigenvalue weighted by Crippen LogP contribution is 2.40. The molecule has 1 heterocycles. The Morgan fingerprint density at radius 3 is 2.76 bits per heavy atom. The number of benzene rings is 2. The summed E-state index contributed by atoms with van der Waals surface area (Å²) in [5.41, 5.74) is 4.37. The Balaban J connectivity index is 1.15. The number of amides is 1. The maximum Gasteiger partial charge on any atom is 0.273 e. The molecule has 2 aliphatic rings. The summed E-state index contributed by atoms with van der Waals surface area (Å²) in [4.78, 5) is 12.4. The molecule has 2 aromatic carbocycles. The van der Waals surface area contributed by atoms with E-state index >= 15 is 0 Å². The number of nitrogens with one attached hydrogen (secondary N) is 1. The lowest BCUT2D eigenvalue weighted by Gasteiger charge is -2.16. The number of aromatic nitrogens is 1. The van der Waals surface area contributed by atoms with Crippen molar-refractivity contribution in [1.29, 1.82) is 0 Å². The number of carbonyl (C=O) groups excluding carboxylic acids is 1. The van der Waals surface area contributed by atoms with Gasteiger partial charge >= 0.3 is 0 Å². The number of fused-ring (bicyclic) bond motifs is 1. The van der Waals surface area contributed by atoms with Crippen LogP contribution in [0.25, 0.3) is 0 Å². The molecule has 1 fully saturated rings. The molecule has 29 heavy (non-hydrogen) atoms. The third kappa shape index (κ3) is 4.04. The lowest BCUT2D eigenvalue weighted by atomic mass is 9.92. The van der Waals surface area contributed by atoms with E-state index in [4.69, 9.17) is 9.26 Å². The number of hydrogen-bond acceptors (Lipinski definition) is 4. The number of ether oxygens (including phenoxy) is 1. The van der Waals surface area contributed by atoms with Crippen molar-refractivity contribution in [3.8, 4) is 5.75 Å². The fourth-order valence-electron chi connectivity index (χ4n) is 4.11. The molecule has 148 valence electrons. The van der Waals surface area contributed by atoms with Gasteiger partial charge in [-0.2, -0.15) is 0 Å². The smallest absolute Gasteiger partial charge is 0.273 e. The van der Waals surface area contributed by atoms with Crippen LogP contribution in [0.1, 0.15) is 58.1 Å². The Morgan fingerprint density at radius 2 is 1.90 bits per heavy atom. The molecule has 1 aromatic heterocycles. The molecule has 0 unspecified atom stereocenters. The molecule has 5 heteroatoms. The van der Waals surface area contributed by atoms with Crippen LogP contribution in [0, 0.1) is 0 Å². The summed E-state index contributed by atoms with van der Waals surface area (Å²) >= 11 is 0. The van der Waals surface area contributed by atoms with Crippen LogP contribution in [-0.4, -0.2) is 17.1 Å². The van der Waals surface area contributed by atoms with E-state index in [9.17, 15) is 4.79 Å². The molecule has 0 bridgehead atoms. The van der Waals surface area contributed by atoms with Gasteiger partial charge in [-0.25, -0.2) is 0 Å². The monoisotopic (exact) mass is 388 g/mol.